The van der Waals surface area contributed by atoms with Crippen LogP contribution in [0.25, 0.3) is 21.7 Å². The molecule has 0 bridgehead atoms. The second-order valence-electron chi connectivity index (χ2n) is 6.56. The molecule has 1 N–H and O–H groups in total. The van der Waals surface area contributed by atoms with Crippen LogP contribution in [0.3, 0.4) is 0 Å². The summed E-state index contributed by atoms with van der Waals surface area (Å²) in [6, 6.07) is 23.2. The van der Waals surface area contributed by atoms with E-state index in [4.69, 9.17) is 16.3 Å². The Morgan fingerprint density at radius 1 is 1.03 bits per heavy atom. The van der Waals surface area contributed by atoms with Crippen LogP contribution >= 0.6 is 11.6 Å². The van der Waals surface area contributed by atoms with Crippen LogP contribution in [-0.2, 0) is 4.79 Å². The molecule has 0 saturated carbocycles. The quantitative estimate of drug-likeness (QED) is 0.291. The summed E-state index contributed by atoms with van der Waals surface area (Å²) >= 11 is 6.20. The summed E-state index contributed by atoms with van der Waals surface area (Å²) < 4.78 is 5.74. The molecule has 4 rings (SSSR count). The number of nitrogens with one attached hydrogen (secondary N) is 1. The van der Waals surface area contributed by atoms with Gasteiger partial charge >= 0.3 is 0 Å². The van der Waals surface area contributed by atoms with Crippen molar-refractivity contribution in [1.29, 1.82) is 0 Å². The maximum absolute atomic E-state index is 12.3. The molecular weight excluding hydrogens is 386 g/mol. The third kappa shape index (κ3) is 4.36. The molecule has 1 amide bonds. The fourth-order valence-corrected chi connectivity index (χ4v) is 3.15. The Balaban J connectivity index is 1.41. The van der Waals surface area contributed by atoms with Crippen molar-refractivity contribution in [1.82, 2.24) is 10.4 Å². The number of rotatable bonds is 5. The lowest BCUT2D eigenvalue weighted by Crippen LogP contribution is -2.33. The predicted molar refractivity (Wildman–Crippen MR) is 117 cm³/mol. The number of pyridine rings is 1. The number of amides is 1. The van der Waals surface area contributed by atoms with Crippen LogP contribution in [0, 0.1) is 0 Å². The fraction of sp³-hybridized carbons (Fsp3) is 0.0870. The van der Waals surface area contributed by atoms with Crippen molar-refractivity contribution in [2.75, 3.05) is 0 Å². The second-order valence-corrected chi connectivity index (χ2v) is 6.92. The van der Waals surface area contributed by atoms with Crippen molar-refractivity contribution in [2.24, 2.45) is 5.10 Å². The van der Waals surface area contributed by atoms with Crippen molar-refractivity contribution in [2.45, 2.75) is 13.0 Å². The van der Waals surface area contributed by atoms with Gasteiger partial charge in [0, 0.05) is 10.9 Å². The van der Waals surface area contributed by atoms with E-state index in [1.807, 2.05) is 72.8 Å². The first-order valence-corrected chi connectivity index (χ1v) is 9.51. The Kier molecular flexibility index (Phi) is 5.40. The lowest BCUT2D eigenvalue weighted by atomic mass is 10.1. The molecule has 1 atom stereocenters. The predicted octanol–water partition coefficient (Wildman–Crippen LogP) is 4.96. The van der Waals surface area contributed by atoms with Gasteiger partial charge in [0.2, 0.25) is 0 Å². The summed E-state index contributed by atoms with van der Waals surface area (Å²) in [5.41, 5.74) is 3.90. The molecule has 4 aromatic rings. The van der Waals surface area contributed by atoms with E-state index in [2.05, 4.69) is 15.5 Å². The summed E-state index contributed by atoms with van der Waals surface area (Å²) in [4.78, 5) is 16.6. The summed E-state index contributed by atoms with van der Waals surface area (Å²) in [6.45, 7) is 1.67. The average Bonchev–Trinajstić information content (AvgIpc) is 2.74. The van der Waals surface area contributed by atoms with Crippen LogP contribution in [0.2, 0.25) is 5.15 Å². The molecule has 0 fully saturated rings. The van der Waals surface area contributed by atoms with E-state index in [0.29, 0.717) is 16.5 Å². The van der Waals surface area contributed by atoms with Gasteiger partial charge in [-0.15, -0.1) is 0 Å². The van der Waals surface area contributed by atoms with Crippen LogP contribution in [0.15, 0.2) is 77.9 Å². The van der Waals surface area contributed by atoms with Crippen LogP contribution in [0.1, 0.15) is 12.5 Å². The largest absolute Gasteiger partial charge is 0.481 e. The van der Waals surface area contributed by atoms with E-state index in [-0.39, 0.29) is 5.91 Å². The minimum Gasteiger partial charge on any atom is -0.481 e. The molecule has 1 aromatic heterocycles. The molecule has 5 nitrogen and oxygen atoms in total. The zero-order valence-electron chi connectivity index (χ0n) is 15.7. The van der Waals surface area contributed by atoms with Gasteiger partial charge in [-0.1, -0.05) is 60.1 Å². The minimum absolute atomic E-state index is 0.321. The summed E-state index contributed by atoms with van der Waals surface area (Å²) in [5, 5.41) is 7.42. The molecule has 0 radical (unpaired) electrons. The standard InChI is InChI=1S/C23H18ClN3O2/c1-15(29-20-11-10-16-6-2-3-7-17(16)13-20)23(28)27-25-14-19-12-18-8-4-5-9-21(18)26-22(19)24/h2-15H,1H3,(H,27,28). The van der Waals surface area contributed by atoms with Gasteiger partial charge in [0.05, 0.1) is 11.7 Å². The molecule has 1 unspecified atom stereocenters. The molecule has 0 aliphatic heterocycles. The van der Waals surface area contributed by atoms with Crippen LogP contribution < -0.4 is 10.2 Å². The zero-order valence-corrected chi connectivity index (χ0v) is 16.4. The van der Waals surface area contributed by atoms with E-state index >= 15 is 0 Å². The van der Waals surface area contributed by atoms with Gasteiger partial charge in [0.25, 0.3) is 5.91 Å². The number of aromatic nitrogens is 1. The molecule has 1 heterocycles. The molecule has 6 heteroatoms. The third-order valence-corrected chi connectivity index (χ3v) is 4.79. The molecule has 0 aliphatic rings. The van der Waals surface area contributed by atoms with E-state index in [1.54, 1.807) is 6.92 Å². The Labute approximate surface area is 173 Å². The summed E-state index contributed by atoms with van der Waals surface area (Å²) in [5.74, 6) is 0.261. The van der Waals surface area contributed by atoms with Gasteiger partial charge in [-0.2, -0.15) is 5.10 Å². The second kappa shape index (κ2) is 8.29. The van der Waals surface area contributed by atoms with Gasteiger partial charge in [-0.25, -0.2) is 10.4 Å². The normalized spacial score (nSPS) is 12.3. The topological polar surface area (TPSA) is 63.6 Å². The Bertz CT molecular complexity index is 1220. The van der Waals surface area contributed by atoms with Crippen molar-refractivity contribution in [3.05, 3.63) is 83.5 Å². The zero-order chi connectivity index (χ0) is 20.2. The Morgan fingerprint density at radius 2 is 1.76 bits per heavy atom. The van der Waals surface area contributed by atoms with Crippen LogP contribution in [0.5, 0.6) is 5.75 Å². The number of carbonyl (C=O) groups is 1. The van der Waals surface area contributed by atoms with E-state index in [0.717, 1.165) is 21.7 Å². The van der Waals surface area contributed by atoms with Gasteiger partial charge in [-0.3, -0.25) is 4.79 Å². The Morgan fingerprint density at radius 3 is 2.59 bits per heavy atom. The highest BCUT2D eigenvalue weighted by atomic mass is 35.5. The van der Waals surface area contributed by atoms with E-state index < -0.39 is 6.10 Å². The molecule has 0 saturated heterocycles. The maximum Gasteiger partial charge on any atom is 0.280 e. The first-order chi connectivity index (χ1) is 14.1. The smallest absolute Gasteiger partial charge is 0.280 e. The van der Waals surface area contributed by atoms with Gasteiger partial charge in [-0.05, 0) is 42.0 Å². The van der Waals surface area contributed by atoms with Gasteiger partial charge in [0.1, 0.15) is 10.9 Å². The lowest BCUT2D eigenvalue weighted by molar-refractivity contribution is -0.127. The van der Waals surface area contributed by atoms with Crippen molar-refractivity contribution in [3.8, 4) is 5.75 Å². The molecular formula is C23H18ClN3O2. The van der Waals surface area contributed by atoms with Gasteiger partial charge in [0.15, 0.2) is 6.10 Å². The highest BCUT2D eigenvalue weighted by Gasteiger charge is 2.14. The third-order valence-electron chi connectivity index (χ3n) is 4.49. The summed E-state index contributed by atoms with van der Waals surface area (Å²) in [6.07, 6.45) is 0.765. The van der Waals surface area contributed by atoms with Crippen molar-refractivity contribution in [3.63, 3.8) is 0 Å². The number of nitrogens with zero attached hydrogens (tertiary/aromatic N) is 2. The van der Waals surface area contributed by atoms with Gasteiger partial charge < -0.3 is 4.74 Å². The number of hydrogen-bond acceptors (Lipinski definition) is 4. The lowest BCUT2D eigenvalue weighted by Gasteiger charge is -2.13. The first kappa shape index (κ1) is 18.9. The minimum atomic E-state index is -0.710. The number of fused-ring (bicyclic) bond motifs is 2. The average molecular weight is 404 g/mol. The number of hydrogen-bond donors (Lipinski definition) is 1. The molecule has 0 aliphatic carbocycles. The van der Waals surface area contributed by atoms with E-state index in [9.17, 15) is 4.79 Å². The first-order valence-electron chi connectivity index (χ1n) is 9.14. The molecule has 3 aromatic carbocycles. The molecule has 0 spiro atoms. The van der Waals surface area contributed by atoms with Crippen LogP contribution in [-0.4, -0.2) is 23.2 Å². The number of benzene rings is 3. The number of para-hydroxylation sites is 1. The number of carbonyl (C=O) groups excluding carboxylic acids is 1. The number of halogens is 1. The number of ether oxygens (including phenoxy) is 1. The number of hydrazone groups is 1. The fourth-order valence-electron chi connectivity index (χ4n) is 2.95. The molecule has 29 heavy (non-hydrogen) atoms. The monoisotopic (exact) mass is 403 g/mol. The van der Waals surface area contributed by atoms with E-state index in [1.165, 1.54) is 6.21 Å². The van der Waals surface area contributed by atoms with Crippen molar-refractivity contribution < 1.29 is 9.53 Å². The summed E-state index contributed by atoms with van der Waals surface area (Å²) in [7, 11) is 0. The van der Waals surface area contributed by atoms with Crippen LogP contribution in [0.4, 0.5) is 0 Å². The molecule has 144 valence electrons. The highest BCUT2D eigenvalue weighted by Crippen LogP contribution is 2.21. The van der Waals surface area contributed by atoms with Crippen molar-refractivity contribution >= 4 is 45.4 Å². The maximum atomic E-state index is 12.3. The highest BCUT2D eigenvalue weighted by molar-refractivity contribution is 6.32. The Hall–Kier alpha value is -3.44. The SMILES string of the molecule is CC(Oc1ccc2ccccc2c1)C(=O)NN=Cc1cc2ccccc2nc1Cl.